The van der Waals surface area contributed by atoms with Gasteiger partial charge in [0.25, 0.3) is 0 Å². The predicted molar refractivity (Wildman–Crippen MR) is 101 cm³/mol. The Morgan fingerprint density at radius 1 is 1.26 bits per heavy atom. The van der Waals surface area contributed by atoms with Crippen molar-refractivity contribution in [2.75, 3.05) is 50.8 Å². The highest BCUT2D eigenvalue weighted by molar-refractivity contribution is 5.82. The number of hydrogen-bond donors (Lipinski definition) is 1. The first-order valence-corrected chi connectivity index (χ1v) is 9.92. The fourth-order valence-corrected chi connectivity index (χ4v) is 4.42. The minimum atomic E-state index is 0.0635. The lowest BCUT2D eigenvalue weighted by atomic mass is 9.96. The van der Waals surface area contributed by atoms with Crippen LogP contribution >= 0.6 is 0 Å². The summed E-state index contributed by atoms with van der Waals surface area (Å²) in [5, 5.41) is 7.97. The SMILES string of the molecule is CC1CN(C(=O)C2CN(c3c4c(nc5ccnn35)CCNCC4)C2)CCO1. The molecule has 144 valence electrons. The number of carbonyl (C=O) groups is 1. The Bertz CT molecular complexity index is 859. The molecule has 2 fully saturated rings. The van der Waals surface area contributed by atoms with E-state index in [4.69, 9.17) is 9.72 Å². The van der Waals surface area contributed by atoms with E-state index in [0.717, 1.165) is 50.5 Å². The summed E-state index contributed by atoms with van der Waals surface area (Å²) in [4.78, 5) is 21.9. The number of carbonyl (C=O) groups excluding carboxylic acids is 1. The van der Waals surface area contributed by atoms with Crippen LogP contribution in [0, 0.1) is 5.92 Å². The molecule has 0 bridgehead atoms. The average Bonchev–Trinajstić information content (AvgIpc) is 2.96. The smallest absolute Gasteiger partial charge is 0.229 e. The minimum absolute atomic E-state index is 0.0635. The largest absolute Gasteiger partial charge is 0.375 e. The van der Waals surface area contributed by atoms with Gasteiger partial charge in [-0.1, -0.05) is 0 Å². The second-order valence-electron chi connectivity index (χ2n) is 7.78. The van der Waals surface area contributed by atoms with Crippen LogP contribution in [0.2, 0.25) is 0 Å². The van der Waals surface area contributed by atoms with Gasteiger partial charge in [-0.25, -0.2) is 4.98 Å². The van der Waals surface area contributed by atoms with Crippen molar-refractivity contribution in [2.24, 2.45) is 5.92 Å². The highest BCUT2D eigenvalue weighted by atomic mass is 16.5. The van der Waals surface area contributed by atoms with E-state index in [9.17, 15) is 4.79 Å². The molecule has 2 saturated heterocycles. The topological polar surface area (TPSA) is 75.0 Å². The Hall–Kier alpha value is -2.19. The Kier molecular flexibility index (Phi) is 4.24. The fraction of sp³-hybridized carbons (Fsp3) is 0.632. The molecule has 2 aromatic heterocycles. The molecule has 0 radical (unpaired) electrons. The molecule has 0 spiro atoms. The molecule has 8 nitrogen and oxygen atoms in total. The third kappa shape index (κ3) is 2.96. The number of rotatable bonds is 2. The zero-order chi connectivity index (χ0) is 18.4. The summed E-state index contributed by atoms with van der Waals surface area (Å²) in [6.07, 6.45) is 3.82. The number of morpholine rings is 1. The van der Waals surface area contributed by atoms with Crippen molar-refractivity contribution >= 4 is 17.4 Å². The van der Waals surface area contributed by atoms with Crippen LogP contribution in [0.4, 0.5) is 5.82 Å². The lowest BCUT2D eigenvalue weighted by Gasteiger charge is -2.43. The van der Waals surface area contributed by atoms with E-state index in [-0.39, 0.29) is 17.9 Å². The molecule has 5 heterocycles. The van der Waals surface area contributed by atoms with Crippen molar-refractivity contribution in [3.05, 3.63) is 23.5 Å². The zero-order valence-electron chi connectivity index (χ0n) is 15.7. The molecule has 3 aliphatic heterocycles. The summed E-state index contributed by atoms with van der Waals surface area (Å²) in [5.41, 5.74) is 3.34. The van der Waals surface area contributed by atoms with Crippen LogP contribution in [-0.4, -0.2) is 77.4 Å². The predicted octanol–water partition coefficient (Wildman–Crippen LogP) is 0.101. The third-order valence-corrected chi connectivity index (χ3v) is 5.86. The molecule has 0 aliphatic carbocycles. The molecule has 1 amide bonds. The molecule has 0 saturated carbocycles. The van der Waals surface area contributed by atoms with Crippen LogP contribution in [0.25, 0.3) is 5.65 Å². The van der Waals surface area contributed by atoms with Crippen molar-refractivity contribution < 1.29 is 9.53 Å². The van der Waals surface area contributed by atoms with E-state index in [1.807, 2.05) is 22.4 Å². The van der Waals surface area contributed by atoms with E-state index in [2.05, 4.69) is 15.3 Å². The molecule has 3 aliphatic rings. The molecule has 5 rings (SSSR count). The van der Waals surface area contributed by atoms with Gasteiger partial charge in [0, 0.05) is 50.8 Å². The van der Waals surface area contributed by atoms with E-state index >= 15 is 0 Å². The molecule has 0 aromatic carbocycles. The molecule has 1 unspecified atom stereocenters. The Morgan fingerprint density at radius 3 is 2.96 bits per heavy atom. The van der Waals surface area contributed by atoms with Crippen molar-refractivity contribution in [2.45, 2.75) is 25.9 Å². The van der Waals surface area contributed by atoms with Crippen molar-refractivity contribution in [3.63, 3.8) is 0 Å². The second-order valence-corrected chi connectivity index (χ2v) is 7.78. The quantitative estimate of drug-likeness (QED) is 0.808. The molecule has 1 N–H and O–H groups in total. The molecule has 8 heteroatoms. The van der Waals surface area contributed by atoms with Crippen LogP contribution in [0.5, 0.6) is 0 Å². The van der Waals surface area contributed by atoms with Gasteiger partial charge >= 0.3 is 0 Å². The van der Waals surface area contributed by atoms with E-state index in [0.29, 0.717) is 19.7 Å². The zero-order valence-corrected chi connectivity index (χ0v) is 15.7. The van der Waals surface area contributed by atoms with E-state index in [1.165, 1.54) is 11.3 Å². The standard InChI is InChI=1S/C19H26N6O2/c1-13-10-23(8-9-27-13)19(26)14-11-24(12-14)18-15-2-5-20-6-3-16(15)22-17-4-7-21-25(17)18/h4,7,13-14,20H,2-3,5-6,8-12H2,1H3. The first kappa shape index (κ1) is 16.9. The first-order chi connectivity index (χ1) is 13.2. The van der Waals surface area contributed by atoms with Crippen molar-refractivity contribution in [1.82, 2.24) is 24.8 Å². The number of hydrogen-bond acceptors (Lipinski definition) is 6. The lowest BCUT2D eigenvalue weighted by molar-refractivity contribution is -0.143. The highest BCUT2D eigenvalue weighted by Gasteiger charge is 2.39. The summed E-state index contributed by atoms with van der Waals surface area (Å²) in [6, 6.07) is 1.96. The van der Waals surface area contributed by atoms with Gasteiger partial charge in [-0.3, -0.25) is 4.79 Å². The fourth-order valence-electron chi connectivity index (χ4n) is 4.42. The van der Waals surface area contributed by atoms with Crippen LogP contribution in [0.15, 0.2) is 12.3 Å². The minimum Gasteiger partial charge on any atom is -0.375 e. The monoisotopic (exact) mass is 370 g/mol. The first-order valence-electron chi connectivity index (χ1n) is 9.92. The second kappa shape index (κ2) is 6.76. The average molecular weight is 370 g/mol. The third-order valence-electron chi connectivity index (χ3n) is 5.86. The number of fused-ring (bicyclic) bond motifs is 2. The van der Waals surface area contributed by atoms with Crippen molar-refractivity contribution in [1.29, 1.82) is 0 Å². The Balaban J connectivity index is 1.39. The van der Waals surface area contributed by atoms with Gasteiger partial charge in [0.15, 0.2) is 5.65 Å². The molecule has 27 heavy (non-hydrogen) atoms. The molecule has 1 atom stereocenters. The number of nitrogens with one attached hydrogen (secondary N) is 1. The van der Waals surface area contributed by atoms with Gasteiger partial charge in [-0.05, 0) is 19.9 Å². The van der Waals surface area contributed by atoms with Crippen LogP contribution in [0.1, 0.15) is 18.2 Å². The number of anilines is 1. The van der Waals surface area contributed by atoms with E-state index < -0.39 is 0 Å². The molecule has 2 aromatic rings. The summed E-state index contributed by atoms with van der Waals surface area (Å²) < 4.78 is 7.51. The normalized spacial score (nSPS) is 23.8. The van der Waals surface area contributed by atoms with Crippen LogP contribution < -0.4 is 10.2 Å². The number of nitrogens with zero attached hydrogens (tertiary/aromatic N) is 5. The number of amides is 1. The van der Waals surface area contributed by atoms with Crippen molar-refractivity contribution in [3.8, 4) is 0 Å². The number of aromatic nitrogens is 3. The molecular weight excluding hydrogens is 344 g/mol. The summed E-state index contributed by atoms with van der Waals surface area (Å²) in [6.45, 7) is 7.50. The summed E-state index contributed by atoms with van der Waals surface area (Å²) in [7, 11) is 0. The van der Waals surface area contributed by atoms with Gasteiger partial charge in [0.2, 0.25) is 5.91 Å². The van der Waals surface area contributed by atoms with Gasteiger partial charge in [0.1, 0.15) is 5.82 Å². The van der Waals surface area contributed by atoms with Gasteiger partial charge in [-0.15, -0.1) is 0 Å². The van der Waals surface area contributed by atoms with Crippen LogP contribution in [-0.2, 0) is 22.4 Å². The van der Waals surface area contributed by atoms with Gasteiger partial charge in [0.05, 0.1) is 30.5 Å². The maximum Gasteiger partial charge on any atom is 0.229 e. The maximum absolute atomic E-state index is 12.9. The van der Waals surface area contributed by atoms with Gasteiger partial charge in [-0.2, -0.15) is 9.61 Å². The van der Waals surface area contributed by atoms with Crippen LogP contribution in [0.3, 0.4) is 0 Å². The highest BCUT2D eigenvalue weighted by Crippen LogP contribution is 2.32. The number of ether oxygens (including phenoxy) is 1. The molecular formula is C19H26N6O2. The Labute approximate surface area is 158 Å². The summed E-state index contributed by atoms with van der Waals surface area (Å²) in [5.74, 6) is 1.46. The summed E-state index contributed by atoms with van der Waals surface area (Å²) >= 11 is 0. The van der Waals surface area contributed by atoms with Gasteiger partial charge < -0.3 is 19.9 Å². The lowest BCUT2D eigenvalue weighted by Crippen LogP contribution is -2.57. The Morgan fingerprint density at radius 2 is 2.11 bits per heavy atom. The van der Waals surface area contributed by atoms with E-state index in [1.54, 1.807) is 6.20 Å². The maximum atomic E-state index is 12.9.